The summed E-state index contributed by atoms with van der Waals surface area (Å²) in [6, 6.07) is 9.56. The molecule has 128 valence electrons. The van der Waals surface area contributed by atoms with Crippen LogP contribution in [-0.4, -0.2) is 35.4 Å². The van der Waals surface area contributed by atoms with Crippen molar-refractivity contribution in [3.8, 4) is 0 Å². The molecule has 0 saturated heterocycles. The highest BCUT2D eigenvalue weighted by Crippen LogP contribution is 2.25. The molecule has 0 heterocycles. The zero-order chi connectivity index (χ0) is 17.7. The monoisotopic (exact) mass is 444 g/mol. The number of halogens is 2. The number of aryl methyl sites for hydroxylation is 1. The summed E-state index contributed by atoms with van der Waals surface area (Å²) in [5.41, 5.74) is 2.31. The summed E-state index contributed by atoms with van der Waals surface area (Å²) in [6.45, 7) is 1.38. The molecule has 0 aliphatic rings. The summed E-state index contributed by atoms with van der Waals surface area (Å²) in [4.78, 5) is 12.3. The minimum absolute atomic E-state index is 0.0886. The number of aliphatic hydroxyl groups is 2. The van der Waals surface area contributed by atoms with Crippen LogP contribution in [0.2, 0.25) is 0 Å². The average Bonchev–Trinajstić information content (AvgIpc) is 2.55. The van der Waals surface area contributed by atoms with Gasteiger partial charge in [0.05, 0.1) is 24.0 Å². The Bertz CT molecular complexity index is 740. The van der Waals surface area contributed by atoms with Crippen molar-refractivity contribution < 1.29 is 19.4 Å². The van der Waals surface area contributed by atoms with E-state index in [1.165, 1.54) is 18.2 Å². The van der Waals surface area contributed by atoms with Gasteiger partial charge >= 0.3 is 0 Å². The first-order chi connectivity index (χ1) is 11.4. The first kappa shape index (κ1) is 18.6. The normalized spacial score (nSPS) is 11.9. The van der Waals surface area contributed by atoms with E-state index in [0.29, 0.717) is 5.69 Å². The van der Waals surface area contributed by atoms with Crippen molar-refractivity contribution in [1.82, 2.24) is 5.32 Å². The lowest BCUT2D eigenvalue weighted by atomic mass is 10.1. The fourth-order valence-electron chi connectivity index (χ4n) is 2.10. The van der Waals surface area contributed by atoms with Crippen molar-refractivity contribution >= 4 is 39.9 Å². The van der Waals surface area contributed by atoms with Gasteiger partial charge < -0.3 is 20.8 Å². The van der Waals surface area contributed by atoms with Gasteiger partial charge in [0, 0.05) is 15.8 Å². The van der Waals surface area contributed by atoms with E-state index >= 15 is 0 Å². The molecule has 2 aromatic carbocycles. The van der Waals surface area contributed by atoms with E-state index < -0.39 is 24.4 Å². The van der Waals surface area contributed by atoms with Crippen LogP contribution in [0.3, 0.4) is 0 Å². The lowest BCUT2D eigenvalue weighted by molar-refractivity contribution is 0.0802. The second-order valence-corrected chi connectivity index (χ2v) is 6.57. The molecule has 0 fully saturated rings. The highest BCUT2D eigenvalue weighted by atomic mass is 127. The van der Waals surface area contributed by atoms with E-state index in [1.807, 2.05) is 25.1 Å². The largest absolute Gasteiger partial charge is 0.394 e. The fraction of sp³-hybridized carbons (Fsp3) is 0.235. The standard InChI is InChI=1S/C17H18FIN2O3/c1-10-6-12(19)3-5-15(10)21-16-7-11(18)2-4-14(16)17(24)20-8-13(23)9-22/h2-7,13,21-23H,8-9H2,1H3,(H,20,24). The molecule has 7 heteroatoms. The van der Waals surface area contributed by atoms with Gasteiger partial charge in [-0.3, -0.25) is 4.79 Å². The maximum absolute atomic E-state index is 13.6. The minimum Gasteiger partial charge on any atom is -0.394 e. The van der Waals surface area contributed by atoms with Crippen LogP contribution in [0.1, 0.15) is 15.9 Å². The Balaban J connectivity index is 2.25. The highest BCUT2D eigenvalue weighted by Gasteiger charge is 2.14. The quantitative estimate of drug-likeness (QED) is 0.517. The highest BCUT2D eigenvalue weighted by molar-refractivity contribution is 14.1. The predicted molar refractivity (Wildman–Crippen MR) is 99.0 cm³/mol. The van der Waals surface area contributed by atoms with Gasteiger partial charge in [-0.25, -0.2) is 4.39 Å². The maximum Gasteiger partial charge on any atom is 0.253 e. The summed E-state index contributed by atoms with van der Waals surface area (Å²) in [7, 11) is 0. The third kappa shape index (κ3) is 4.89. The molecule has 24 heavy (non-hydrogen) atoms. The molecule has 0 radical (unpaired) electrons. The zero-order valence-electron chi connectivity index (χ0n) is 13.0. The van der Waals surface area contributed by atoms with Crippen LogP contribution >= 0.6 is 22.6 Å². The summed E-state index contributed by atoms with van der Waals surface area (Å²) < 4.78 is 14.7. The van der Waals surface area contributed by atoms with Crippen molar-refractivity contribution in [2.45, 2.75) is 13.0 Å². The van der Waals surface area contributed by atoms with E-state index in [0.717, 1.165) is 14.8 Å². The van der Waals surface area contributed by atoms with E-state index in [4.69, 9.17) is 5.11 Å². The molecule has 2 rings (SSSR count). The van der Waals surface area contributed by atoms with Crippen LogP contribution in [0.5, 0.6) is 0 Å². The number of carbonyl (C=O) groups excluding carboxylic acids is 1. The Morgan fingerprint density at radius 2 is 2.00 bits per heavy atom. The topological polar surface area (TPSA) is 81.6 Å². The van der Waals surface area contributed by atoms with Crippen molar-refractivity contribution in [2.24, 2.45) is 0 Å². The molecule has 0 aliphatic heterocycles. The zero-order valence-corrected chi connectivity index (χ0v) is 15.2. The third-order valence-electron chi connectivity index (χ3n) is 3.39. The molecule has 2 aromatic rings. The van der Waals surface area contributed by atoms with Gasteiger partial charge in [-0.05, 0) is 71.5 Å². The Labute approximate surface area is 153 Å². The summed E-state index contributed by atoms with van der Waals surface area (Å²) in [5, 5.41) is 23.7. The van der Waals surface area contributed by atoms with E-state index in [1.54, 1.807) is 0 Å². The number of carbonyl (C=O) groups is 1. The molecule has 0 spiro atoms. The molecule has 1 amide bonds. The van der Waals surface area contributed by atoms with Gasteiger partial charge in [0.2, 0.25) is 0 Å². The van der Waals surface area contributed by atoms with Crippen molar-refractivity contribution in [2.75, 3.05) is 18.5 Å². The molecular weight excluding hydrogens is 426 g/mol. The number of benzene rings is 2. The molecule has 1 unspecified atom stereocenters. The first-order valence-corrected chi connectivity index (χ1v) is 8.38. The minimum atomic E-state index is -1.04. The molecule has 4 N–H and O–H groups in total. The Morgan fingerprint density at radius 1 is 1.25 bits per heavy atom. The van der Waals surface area contributed by atoms with Crippen molar-refractivity contribution in [3.05, 3.63) is 56.9 Å². The van der Waals surface area contributed by atoms with Crippen molar-refractivity contribution in [1.29, 1.82) is 0 Å². The Hall–Kier alpha value is -1.71. The number of hydrogen-bond acceptors (Lipinski definition) is 4. The fourth-order valence-corrected chi connectivity index (χ4v) is 2.75. The van der Waals surface area contributed by atoms with Gasteiger partial charge in [0.1, 0.15) is 5.82 Å². The molecule has 1 atom stereocenters. The van der Waals surface area contributed by atoms with Crippen LogP contribution < -0.4 is 10.6 Å². The van der Waals surface area contributed by atoms with Crippen LogP contribution in [0.25, 0.3) is 0 Å². The molecule has 5 nitrogen and oxygen atoms in total. The maximum atomic E-state index is 13.6. The second kappa shape index (κ2) is 8.41. The summed E-state index contributed by atoms with van der Waals surface area (Å²) >= 11 is 2.20. The number of aliphatic hydroxyl groups excluding tert-OH is 2. The Morgan fingerprint density at radius 3 is 2.67 bits per heavy atom. The predicted octanol–water partition coefficient (Wildman–Crippen LogP) is 2.57. The summed E-state index contributed by atoms with van der Waals surface area (Å²) in [6.07, 6.45) is -1.04. The summed E-state index contributed by atoms with van der Waals surface area (Å²) in [5.74, 6) is -0.930. The molecule has 0 aromatic heterocycles. The van der Waals surface area contributed by atoms with Crippen LogP contribution in [0.15, 0.2) is 36.4 Å². The number of nitrogens with one attached hydrogen (secondary N) is 2. The van der Waals surface area contributed by atoms with E-state index in [-0.39, 0.29) is 12.1 Å². The number of hydrogen-bond donors (Lipinski definition) is 4. The smallest absolute Gasteiger partial charge is 0.253 e. The Kier molecular flexibility index (Phi) is 6.52. The molecule has 0 aliphatic carbocycles. The van der Waals surface area contributed by atoms with Crippen molar-refractivity contribution in [3.63, 3.8) is 0 Å². The number of rotatable bonds is 6. The van der Waals surface area contributed by atoms with Crippen LogP contribution in [-0.2, 0) is 0 Å². The molecular formula is C17H18FIN2O3. The second-order valence-electron chi connectivity index (χ2n) is 5.32. The van der Waals surface area contributed by atoms with E-state index in [2.05, 4.69) is 33.2 Å². The van der Waals surface area contributed by atoms with Gasteiger partial charge in [-0.2, -0.15) is 0 Å². The number of amides is 1. The lowest BCUT2D eigenvalue weighted by Gasteiger charge is -2.15. The van der Waals surface area contributed by atoms with Gasteiger partial charge in [0.25, 0.3) is 5.91 Å². The molecule has 0 saturated carbocycles. The lowest BCUT2D eigenvalue weighted by Crippen LogP contribution is -2.34. The van der Waals surface area contributed by atoms with E-state index in [9.17, 15) is 14.3 Å². The average molecular weight is 444 g/mol. The number of anilines is 2. The van der Waals surface area contributed by atoms with Gasteiger partial charge in [-0.1, -0.05) is 0 Å². The molecule has 0 bridgehead atoms. The first-order valence-electron chi connectivity index (χ1n) is 7.30. The van der Waals surface area contributed by atoms with Crippen LogP contribution in [0.4, 0.5) is 15.8 Å². The van der Waals surface area contributed by atoms with Crippen LogP contribution in [0, 0.1) is 16.3 Å². The van der Waals surface area contributed by atoms with Gasteiger partial charge in [0.15, 0.2) is 0 Å². The third-order valence-corrected chi connectivity index (χ3v) is 4.06. The van der Waals surface area contributed by atoms with Gasteiger partial charge in [-0.15, -0.1) is 0 Å². The SMILES string of the molecule is Cc1cc(I)ccc1Nc1cc(F)ccc1C(=O)NCC(O)CO.